The van der Waals surface area contributed by atoms with E-state index in [9.17, 15) is 9.59 Å². The van der Waals surface area contributed by atoms with Crippen LogP contribution in [0.15, 0.2) is 48.2 Å². The van der Waals surface area contributed by atoms with Gasteiger partial charge in [0.05, 0.1) is 26.4 Å². The van der Waals surface area contributed by atoms with Crippen LogP contribution < -0.4 is 14.8 Å². The van der Waals surface area contributed by atoms with Crippen molar-refractivity contribution in [2.24, 2.45) is 0 Å². The molecule has 0 fully saturated rings. The van der Waals surface area contributed by atoms with E-state index in [2.05, 4.69) is 5.32 Å². The lowest BCUT2D eigenvalue weighted by atomic mass is 10.1. The molecule has 0 saturated carbocycles. The SMILES string of the molecule is COC(=O)C(=Cc1cc(OC)c(OC)cc1Cl)NC(=O)c1ccccc1. The number of halogens is 1. The maximum absolute atomic E-state index is 12.3. The highest BCUT2D eigenvalue weighted by Gasteiger charge is 2.17. The molecule has 26 heavy (non-hydrogen) atoms. The molecule has 0 aliphatic heterocycles. The van der Waals surface area contributed by atoms with Gasteiger partial charge < -0.3 is 19.5 Å². The summed E-state index contributed by atoms with van der Waals surface area (Å²) in [5, 5.41) is 2.86. The van der Waals surface area contributed by atoms with E-state index >= 15 is 0 Å². The van der Waals surface area contributed by atoms with Crippen molar-refractivity contribution in [2.45, 2.75) is 0 Å². The Hall–Kier alpha value is -2.99. The molecular weight excluding hydrogens is 358 g/mol. The van der Waals surface area contributed by atoms with Crippen molar-refractivity contribution in [1.29, 1.82) is 0 Å². The van der Waals surface area contributed by atoms with Crippen molar-refractivity contribution in [2.75, 3.05) is 21.3 Å². The van der Waals surface area contributed by atoms with Crippen molar-refractivity contribution in [3.05, 3.63) is 64.3 Å². The molecule has 0 atom stereocenters. The zero-order valence-electron chi connectivity index (χ0n) is 14.5. The predicted octanol–water partition coefficient (Wildman–Crippen LogP) is 3.30. The second-order valence-electron chi connectivity index (χ2n) is 5.10. The van der Waals surface area contributed by atoms with Crippen LogP contribution in [0.2, 0.25) is 5.02 Å². The zero-order chi connectivity index (χ0) is 19.1. The highest BCUT2D eigenvalue weighted by molar-refractivity contribution is 6.32. The van der Waals surface area contributed by atoms with E-state index in [1.807, 2.05) is 0 Å². The third-order valence-electron chi connectivity index (χ3n) is 3.49. The van der Waals surface area contributed by atoms with Crippen molar-refractivity contribution < 1.29 is 23.8 Å². The number of esters is 1. The highest BCUT2D eigenvalue weighted by atomic mass is 35.5. The van der Waals surface area contributed by atoms with Crippen LogP contribution in [-0.4, -0.2) is 33.2 Å². The Balaban J connectivity index is 2.41. The summed E-state index contributed by atoms with van der Waals surface area (Å²) in [4.78, 5) is 24.4. The largest absolute Gasteiger partial charge is 0.493 e. The summed E-state index contributed by atoms with van der Waals surface area (Å²) >= 11 is 6.24. The minimum atomic E-state index is -0.708. The molecule has 0 bridgehead atoms. The summed E-state index contributed by atoms with van der Waals surface area (Å²) in [6, 6.07) is 11.7. The molecule has 0 saturated heterocycles. The van der Waals surface area contributed by atoms with Crippen LogP contribution in [0.3, 0.4) is 0 Å². The van der Waals surface area contributed by atoms with Gasteiger partial charge in [-0.3, -0.25) is 4.79 Å². The van der Waals surface area contributed by atoms with Crippen LogP contribution >= 0.6 is 11.6 Å². The van der Waals surface area contributed by atoms with E-state index in [4.69, 9.17) is 25.8 Å². The maximum atomic E-state index is 12.3. The van der Waals surface area contributed by atoms with Crippen LogP contribution in [-0.2, 0) is 9.53 Å². The van der Waals surface area contributed by atoms with Gasteiger partial charge in [0.25, 0.3) is 5.91 Å². The standard InChI is InChI=1S/C19H18ClNO5/c1-24-16-10-13(14(20)11-17(16)25-2)9-15(19(23)26-3)21-18(22)12-7-5-4-6-8-12/h4-11H,1-3H3,(H,21,22). The summed E-state index contributed by atoms with van der Waals surface area (Å²) in [6.45, 7) is 0. The fraction of sp³-hybridized carbons (Fsp3) is 0.158. The molecule has 1 N–H and O–H groups in total. The van der Waals surface area contributed by atoms with Crippen LogP contribution in [0.5, 0.6) is 11.5 Å². The monoisotopic (exact) mass is 375 g/mol. The Kier molecular flexibility index (Phi) is 6.63. The number of ether oxygens (including phenoxy) is 3. The number of hydrogen-bond donors (Lipinski definition) is 1. The molecular formula is C19H18ClNO5. The first-order valence-electron chi connectivity index (χ1n) is 7.58. The Labute approximate surface area is 156 Å². The number of methoxy groups -OCH3 is 3. The van der Waals surface area contributed by atoms with Crippen molar-refractivity contribution in [3.63, 3.8) is 0 Å². The third-order valence-corrected chi connectivity index (χ3v) is 3.82. The topological polar surface area (TPSA) is 73.9 Å². The van der Waals surface area contributed by atoms with E-state index in [-0.39, 0.29) is 5.70 Å². The zero-order valence-corrected chi connectivity index (χ0v) is 15.3. The van der Waals surface area contributed by atoms with Crippen molar-refractivity contribution in [1.82, 2.24) is 5.32 Å². The lowest BCUT2D eigenvalue weighted by Crippen LogP contribution is -2.28. The molecule has 0 radical (unpaired) electrons. The molecule has 136 valence electrons. The Bertz CT molecular complexity index is 833. The molecule has 0 spiro atoms. The molecule has 2 rings (SSSR count). The number of carbonyl (C=O) groups is 2. The highest BCUT2D eigenvalue weighted by Crippen LogP contribution is 2.34. The lowest BCUT2D eigenvalue weighted by Gasteiger charge is -2.12. The molecule has 2 aromatic carbocycles. The number of hydrogen-bond acceptors (Lipinski definition) is 5. The normalized spacial score (nSPS) is 10.8. The van der Waals surface area contributed by atoms with Gasteiger partial charge in [-0.1, -0.05) is 29.8 Å². The average Bonchev–Trinajstić information content (AvgIpc) is 2.68. The quantitative estimate of drug-likeness (QED) is 0.619. The van der Waals surface area contributed by atoms with Crippen LogP contribution in [0.1, 0.15) is 15.9 Å². The number of amides is 1. The molecule has 1 amide bonds. The molecule has 0 aliphatic rings. The van der Waals surface area contributed by atoms with E-state index < -0.39 is 11.9 Å². The molecule has 6 nitrogen and oxygen atoms in total. The Morgan fingerprint density at radius 2 is 1.62 bits per heavy atom. The fourth-order valence-electron chi connectivity index (χ4n) is 2.18. The summed E-state index contributed by atoms with van der Waals surface area (Å²) in [6.07, 6.45) is 1.41. The van der Waals surface area contributed by atoms with Crippen LogP contribution in [0, 0.1) is 0 Å². The summed E-state index contributed by atoms with van der Waals surface area (Å²) < 4.78 is 15.2. The van der Waals surface area contributed by atoms with Gasteiger partial charge in [-0.25, -0.2) is 4.79 Å². The van der Waals surface area contributed by atoms with Gasteiger partial charge in [-0.2, -0.15) is 0 Å². The fourth-order valence-corrected chi connectivity index (χ4v) is 2.38. The minimum Gasteiger partial charge on any atom is -0.493 e. The molecule has 0 unspecified atom stereocenters. The first kappa shape index (κ1) is 19.3. The van der Waals surface area contributed by atoms with Crippen LogP contribution in [0.4, 0.5) is 0 Å². The number of nitrogens with one attached hydrogen (secondary N) is 1. The van der Waals surface area contributed by atoms with E-state index in [1.165, 1.54) is 27.4 Å². The van der Waals surface area contributed by atoms with Gasteiger partial charge in [-0.15, -0.1) is 0 Å². The summed E-state index contributed by atoms with van der Waals surface area (Å²) in [5.74, 6) is -0.275. The van der Waals surface area contributed by atoms with Gasteiger partial charge >= 0.3 is 5.97 Å². The number of benzene rings is 2. The van der Waals surface area contributed by atoms with Gasteiger partial charge in [0.2, 0.25) is 0 Å². The Morgan fingerprint density at radius 1 is 1.00 bits per heavy atom. The van der Waals surface area contributed by atoms with E-state index in [1.54, 1.807) is 42.5 Å². The molecule has 0 aliphatic carbocycles. The second kappa shape index (κ2) is 8.92. The molecule has 0 aromatic heterocycles. The van der Waals surface area contributed by atoms with Gasteiger partial charge in [0.15, 0.2) is 11.5 Å². The van der Waals surface area contributed by atoms with Gasteiger partial charge in [0, 0.05) is 11.6 Å². The second-order valence-corrected chi connectivity index (χ2v) is 5.51. The smallest absolute Gasteiger partial charge is 0.354 e. The van der Waals surface area contributed by atoms with Crippen LogP contribution in [0.25, 0.3) is 6.08 Å². The Morgan fingerprint density at radius 3 is 2.19 bits per heavy atom. The van der Waals surface area contributed by atoms with E-state index in [0.717, 1.165) is 0 Å². The summed E-state index contributed by atoms with van der Waals surface area (Å²) in [5.41, 5.74) is 0.800. The predicted molar refractivity (Wildman–Crippen MR) is 98.5 cm³/mol. The molecule has 7 heteroatoms. The van der Waals surface area contributed by atoms with Crippen molar-refractivity contribution in [3.8, 4) is 11.5 Å². The maximum Gasteiger partial charge on any atom is 0.354 e. The average molecular weight is 376 g/mol. The minimum absolute atomic E-state index is 0.0597. The van der Waals surface area contributed by atoms with Gasteiger partial charge in [0.1, 0.15) is 5.70 Å². The first-order chi connectivity index (χ1) is 12.5. The van der Waals surface area contributed by atoms with E-state index in [0.29, 0.717) is 27.6 Å². The number of rotatable bonds is 6. The third kappa shape index (κ3) is 4.55. The lowest BCUT2D eigenvalue weighted by molar-refractivity contribution is -0.136. The first-order valence-corrected chi connectivity index (χ1v) is 7.96. The summed E-state index contributed by atoms with van der Waals surface area (Å²) in [7, 11) is 4.20. The molecule has 2 aromatic rings. The number of carbonyl (C=O) groups excluding carboxylic acids is 2. The van der Waals surface area contributed by atoms with Crippen molar-refractivity contribution >= 4 is 29.6 Å². The molecule has 0 heterocycles. The van der Waals surface area contributed by atoms with Gasteiger partial charge in [-0.05, 0) is 29.8 Å².